The van der Waals surface area contributed by atoms with Crippen LogP contribution in [0.2, 0.25) is 0 Å². The Morgan fingerprint density at radius 3 is 1.46 bits per heavy atom. The summed E-state index contributed by atoms with van der Waals surface area (Å²) in [5, 5.41) is 0. The highest BCUT2D eigenvalue weighted by Crippen LogP contribution is 2.33. The van der Waals surface area contributed by atoms with Crippen LogP contribution in [0.5, 0.6) is 0 Å². The molecule has 176 valence electrons. The molecule has 0 N–H and O–H groups in total. The first-order valence-corrected chi connectivity index (χ1v) is 13.6. The molecular formula is C26H21N3O4S2. The molecule has 0 atom stereocenters. The predicted molar refractivity (Wildman–Crippen MR) is 136 cm³/mol. The lowest BCUT2D eigenvalue weighted by atomic mass is 10.2. The summed E-state index contributed by atoms with van der Waals surface area (Å²) < 4.78 is 55.6. The van der Waals surface area contributed by atoms with Crippen LogP contribution in [-0.4, -0.2) is 26.8 Å². The molecule has 0 unspecified atom stereocenters. The van der Waals surface area contributed by atoms with Gasteiger partial charge in [0.15, 0.2) is 0 Å². The normalized spacial score (nSPS) is 12.2. The molecule has 0 spiro atoms. The number of fused-ring (bicyclic) bond motifs is 2. The van der Waals surface area contributed by atoms with E-state index in [0.29, 0.717) is 25.8 Å². The molecule has 0 radical (unpaired) electrons. The highest BCUT2D eigenvalue weighted by molar-refractivity contribution is 8.10. The molecule has 0 saturated carbocycles. The van der Waals surface area contributed by atoms with Crippen molar-refractivity contribution < 1.29 is 16.8 Å². The van der Waals surface area contributed by atoms with Gasteiger partial charge in [-0.15, -0.1) is 0 Å². The van der Waals surface area contributed by atoms with Crippen molar-refractivity contribution in [1.29, 1.82) is 0 Å². The molecule has 0 saturated heterocycles. The van der Waals surface area contributed by atoms with Gasteiger partial charge in [-0.25, -0.2) is 26.8 Å². The average Bonchev–Trinajstić information content (AvgIpc) is 2.83. The van der Waals surface area contributed by atoms with E-state index >= 15 is 0 Å². The molecule has 0 bridgehead atoms. The topological polar surface area (TPSA) is 97.3 Å². The molecule has 0 aliphatic heterocycles. The predicted octanol–water partition coefficient (Wildman–Crippen LogP) is 4.98. The van der Waals surface area contributed by atoms with Crippen LogP contribution in [0.25, 0.3) is 22.1 Å². The van der Waals surface area contributed by atoms with E-state index in [-0.39, 0.29) is 15.5 Å². The van der Waals surface area contributed by atoms with Crippen LogP contribution in [0.3, 0.4) is 0 Å². The Morgan fingerprint density at radius 2 is 0.971 bits per heavy atom. The molecule has 35 heavy (non-hydrogen) atoms. The van der Waals surface area contributed by atoms with Gasteiger partial charge in [0.05, 0.1) is 37.5 Å². The molecule has 0 amide bonds. The van der Waals surface area contributed by atoms with Crippen LogP contribution in [-0.2, 0) is 20.0 Å². The third-order valence-corrected chi connectivity index (χ3v) is 9.82. The second kappa shape index (κ2) is 8.44. The molecule has 4 aromatic carbocycles. The minimum atomic E-state index is -4.50. The molecule has 0 fully saturated rings. The Labute approximate surface area is 203 Å². The summed E-state index contributed by atoms with van der Waals surface area (Å²) in [6.07, 6.45) is 0. The van der Waals surface area contributed by atoms with Gasteiger partial charge in [0.2, 0.25) is 0 Å². The summed E-state index contributed by atoms with van der Waals surface area (Å²) >= 11 is 0. The highest BCUT2D eigenvalue weighted by Gasteiger charge is 2.37. The summed E-state index contributed by atoms with van der Waals surface area (Å²) in [7, 11) is -9.00. The number of rotatable bonds is 5. The van der Waals surface area contributed by atoms with Crippen LogP contribution < -0.4 is 3.71 Å². The maximum absolute atomic E-state index is 13.8. The number of para-hydroxylation sites is 2. The molecule has 0 aliphatic carbocycles. The molecule has 1 heterocycles. The summed E-state index contributed by atoms with van der Waals surface area (Å²) in [5.41, 5.74) is 3.85. The molecule has 9 heteroatoms. The van der Waals surface area contributed by atoms with E-state index in [1.807, 2.05) is 32.0 Å². The lowest BCUT2D eigenvalue weighted by molar-refractivity contribution is 0.584. The zero-order chi connectivity index (χ0) is 24.8. The van der Waals surface area contributed by atoms with Crippen molar-refractivity contribution in [1.82, 2.24) is 9.97 Å². The van der Waals surface area contributed by atoms with Crippen molar-refractivity contribution in [2.24, 2.45) is 0 Å². The van der Waals surface area contributed by atoms with E-state index in [1.54, 1.807) is 36.4 Å². The van der Waals surface area contributed by atoms with Crippen molar-refractivity contribution in [3.8, 4) is 0 Å². The Kier molecular flexibility index (Phi) is 5.53. The van der Waals surface area contributed by atoms with Crippen LogP contribution >= 0.6 is 0 Å². The number of aryl methyl sites for hydroxylation is 2. The van der Waals surface area contributed by atoms with Gasteiger partial charge >= 0.3 is 0 Å². The summed E-state index contributed by atoms with van der Waals surface area (Å²) in [4.78, 5) is 8.86. The standard InChI is InChI=1S/C26H21N3O4S2/c1-18-7-12-21(13-8-18)34(30,31)29(35(32,33)22-14-9-19(2)10-15-22)20-11-16-25-26(17-20)28-24-6-4-3-5-23(24)27-25/h3-17H,1-2H3. The van der Waals surface area contributed by atoms with E-state index in [1.165, 1.54) is 36.4 Å². The van der Waals surface area contributed by atoms with Crippen LogP contribution in [0.4, 0.5) is 5.69 Å². The van der Waals surface area contributed by atoms with E-state index in [9.17, 15) is 16.8 Å². The van der Waals surface area contributed by atoms with Gasteiger partial charge in [-0.2, -0.15) is 3.71 Å². The third-order valence-electron chi connectivity index (χ3n) is 5.61. The Bertz CT molecular complexity index is 1710. The number of aromatic nitrogens is 2. The first kappa shape index (κ1) is 22.9. The van der Waals surface area contributed by atoms with E-state index in [0.717, 1.165) is 11.1 Å². The summed E-state index contributed by atoms with van der Waals surface area (Å²) in [6.45, 7) is 3.65. The average molecular weight is 504 g/mol. The van der Waals surface area contributed by atoms with E-state index in [2.05, 4.69) is 9.97 Å². The summed E-state index contributed by atoms with van der Waals surface area (Å²) in [6, 6.07) is 23.8. The van der Waals surface area contributed by atoms with E-state index in [4.69, 9.17) is 0 Å². The zero-order valence-corrected chi connectivity index (χ0v) is 20.6. The monoisotopic (exact) mass is 503 g/mol. The quantitative estimate of drug-likeness (QED) is 0.314. The lowest BCUT2D eigenvalue weighted by Crippen LogP contribution is -2.37. The van der Waals surface area contributed by atoms with Gasteiger partial charge in [0, 0.05) is 0 Å². The van der Waals surface area contributed by atoms with Crippen molar-refractivity contribution in [3.63, 3.8) is 0 Å². The fourth-order valence-electron chi connectivity index (χ4n) is 3.74. The van der Waals surface area contributed by atoms with Crippen molar-refractivity contribution in [3.05, 3.63) is 102 Å². The number of nitrogens with zero attached hydrogens (tertiary/aromatic N) is 3. The molecule has 0 aliphatic rings. The Balaban J connectivity index is 1.76. The number of hydrogen-bond acceptors (Lipinski definition) is 6. The van der Waals surface area contributed by atoms with Gasteiger partial charge in [0.25, 0.3) is 20.0 Å². The zero-order valence-electron chi connectivity index (χ0n) is 19.0. The largest absolute Gasteiger partial charge is 0.277 e. The number of sulfonamides is 2. The first-order chi connectivity index (χ1) is 16.7. The van der Waals surface area contributed by atoms with Crippen molar-refractivity contribution in [2.75, 3.05) is 3.71 Å². The molecule has 1 aromatic heterocycles. The van der Waals surface area contributed by atoms with Crippen LogP contribution in [0, 0.1) is 13.8 Å². The lowest BCUT2D eigenvalue weighted by Gasteiger charge is -2.24. The fraction of sp³-hybridized carbons (Fsp3) is 0.0769. The third kappa shape index (κ3) is 4.13. The molecular weight excluding hydrogens is 482 g/mol. The molecule has 7 nitrogen and oxygen atoms in total. The number of hydrogen-bond donors (Lipinski definition) is 0. The minimum absolute atomic E-state index is 0.0526. The van der Waals surface area contributed by atoms with Gasteiger partial charge in [-0.3, -0.25) is 0 Å². The van der Waals surface area contributed by atoms with Crippen molar-refractivity contribution >= 4 is 47.8 Å². The highest BCUT2D eigenvalue weighted by atomic mass is 32.3. The maximum Gasteiger partial charge on any atom is 0.277 e. The van der Waals surface area contributed by atoms with Crippen LogP contribution in [0.15, 0.2) is 101 Å². The fourth-order valence-corrected chi connectivity index (χ4v) is 7.42. The van der Waals surface area contributed by atoms with Crippen LogP contribution in [0.1, 0.15) is 11.1 Å². The number of benzene rings is 4. The maximum atomic E-state index is 13.8. The van der Waals surface area contributed by atoms with Gasteiger partial charge < -0.3 is 0 Å². The molecule has 5 rings (SSSR count). The van der Waals surface area contributed by atoms with Gasteiger partial charge in [0.1, 0.15) is 0 Å². The SMILES string of the molecule is Cc1ccc(S(=O)(=O)N(c2ccc3nc4ccccc4nc3c2)S(=O)(=O)c2ccc(C)cc2)cc1. The Morgan fingerprint density at radius 1 is 0.543 bits per heavy atom. The first-order valence-electron chi connectivity index (χ1n) is 10.8. The smallest absolute Gasteiger partial charge is 0.245 e. The minimum Gasteiger partial charge on any atom is -0.245 e. The van der Waals surface area contributed by atoms with Gasteiger partial charge in [-0.05, 0) is 68.4 Å². The summed E-state index contributed by atoms with van der Waals surface area (Å²) in [5.74, 6) is 0. The molecule has 5 aromatic rings. The second-order valence-corrected chi connectivity index (χ2v) is 12.0. The van der Waals surface area contributed by atoms with Crippen molar-refractivity contribution in [2.45, 2.75) is 23.6 Å². The van der Waals surface area contributed by atoms with E-state index < -0.39 is 20.0 Å². The Hall–Kier alpha value is -3.82. The number of anilines is 1. The second-order valence-electron chi connectivity index (χ2n) is 8.22. The van der Waals surface area contributed by atoms with Gasteiger partial charge in [-0.1, -0.05) is 47.5 Å².